The zero-order chi connectivity index (χ0) is 21.5. The Bertz CT molecular complexity index is 713. The Balaban J connectivity index is 1.33. The van der Waals surface area contributed by atoms with Crippen molar-refractivity contribution in [3.63, 3.8) is 0 Å². The van der Waals surface area contributed by atoms with Gasteiger partial charge >= 0.3 is 0 Å². The fourth-order valence-electron chi connectivity index (χ4n) is 8.91. The monoisotopic (exact) mass is 416 g/mol. The molecular weight excluding hydrogens is 372 g/mol. The Morgan fingerprint density at radius 1 is 1.07 bits per heavy atom. The van der Waals surface area contributed by atoms with Crippen molar-refractivity contribution in [1.82, 2.24) is 0 Å². The lowest BCUT2D eigenvalue weighted by Crippen LogP contribution is -2.51. The lowest BCUT2D eigenvalue weighted by molar-refractivity contribution is -0.0683. The standard InChI is InChI=1S/C27H44O3/c1-16(23(29)15-24-25(2,3)30-24)20-8-9-21-19-7-6-17-14-18(28)10-12-26(17,4)22(19)11-13-27(20,21)5/h6,16,18-24,28-29H,7-15H2,1-5H3/t16?,18-,19?,20+,21-,22-,23?,24?,26-,27+/m0/s1. The highest BCUT2D eigenvalue weighted by molar-refractivity contribution is 5.25. The number of epoxide rings is 1. The lowest BCUT2D eigenvalue weighted by Gasteiger charge is -2.58. The van der Waals surface area contributed by atoms with E-state index in [1.54, 1.807) is 5.57 Å². The van der Waals surface area contributed by atoms with Gasteiger partial charge in [-0.05, 0) is 106 Å². The summed E-state index contributed by atoms with van der Waals surface area (Å²) in [6.07, 6.45) is 12.7. The van der Waals surface area contributed by atoms with Gasteiger partial charge in [-0.2, -0.15) is 0 Å². The van der Waals surface area contributed by atoms with Gasteiger partial charge in [-0.3, -0.25) is 0 Å². The molecule has 1 heterocycles. The van der Waals surface area contributed by atoms with Crippen LogP contribution >= 0.6 is 0 Å². The molecule has 5 aliphatic rings. The predicted octanol–water partition coefficient (Wildman–Crippen LogP) is 5.49. The van der Waals surface area contributed by atoms with Crippen LogP contribution in [0.1, 0.15) is 92.4 Å². The van der Waals surface area contributed by atoms with Crippen molar-refractivity contribution in [2.45, 2.75) is 116 Å². The van der Waals surface area contributed by atoms with Crippen molar-refractivity contribution in [1.29, 1.82) is 0 Å². The quantitative estimate of drug-likeness (QED) is 0.470. The molecule has 4 fully saturated rings. The first-order valence-electron chi connectivity index (χ1n) is 12.8. The van der Waals surface area contributed by atoms with Gasteiger partial charge in [0, 0.05) is 6.42 Å². The molecule has 170 valence electrons. The largest absolute Gasteiger partial charge is 0.393 e. The van der Waals surface area contributed by atoms with Crippen LogP contribution in [-0.2, 0) is 4.74 Å². The molecule has 3 heteroatoms. The maximum Gasteiger partial charge on any atom is 0.0893 e. The highest BCUT2D eigenvalue weighted by atomic mass is 16.6. The number of rotatable bonds is 4. The molecule has 0 aromatic rings. The third kappa shape index (κ3) is 3.17. The molecule has 5 rings (SSSR count). The zero-order valence-corrected chi connectivity index (χ0v) is 19.9. The maximum atomic E-state index is 11.1. The van der Waals surface area contributed by atoms with Crippen molar-refractivity contribution in [2.75, 3.05) is 0 Å². The third-order valence-electron chi connectivity index (χ3n) is 11.0. The first-order chi connectivity index (χ1) is 14.1. The second-order valence-electron chi connectivity index (χ2n) is 12.8. The molecule has 0 radical (unpaired) electrons. The summed E-state index contributed by atoms with van der Waals surface area (Å²) in [5, 5.41) is 21.3. The smallest absolute Gasteiger partial charge is 0.0893 e. The second-order valence-corrected chi connectivity index (χ2v) is 12.8. The average molecular weight is 417 g/mol. The SMILES string of the molecule is CC(C(O)CC1OC1(C)C)[C@H]1CC[C@H]2C3CC=C4C[C@@H](O)CC[C@]4(C)[C@H]3CC[C@]12C. The molecule has 4 unspecified atom stereocenters. The predicted molar refractivity (Wildman–Crippen MR) is 120 cm³/mol. The van der Waals surface area contributed by atoms with Gasteiger partial charge in [0.1, 0.15) is 0 Å². The third-order valence-corrected chi connectivity index (χ3v) is 11.0. The molecule has 30 heavy (non-hydrogen) atoms. The number of allylic oxidation sites excluding steroid dienone is 1. The zero-order valence-electron chi connectivity index (χ0n) is 19.9. The van der Waals surface area contributed by atoms with Crippen LogP contribution in [-0.4, -0.2) is 34.1 Å². The molecule has 3 saturated carbocycles. The minimum atomic E-state index is -0.245. The van der Waals surface area contributed by atoms with Crippen LogP contribution in [0.5, 0.6) is 0 Å². The Labute approximate surface area is 183 Å². The highest BCUT2D eigenvalue weighted by Gasteiger charge is 2.60. The summed E-state index contributed by atoms with van der Waals surface area (Å²) < 4.78 is 5.77. The van der Waals surface area contributed by atoms with E-state index < -0.39 is 0 Å². The van der Waals surface area contributed by atoms with Gasteiger partial charge in [-0.15, -0.1) is 0 Å². The number of ether oxygens (including phenoxy) is 1. The Morgan fingerprint density at radius 3 is 2.50 bits per heavy atom. The molecule has 0 spiro atoms. The van der Waals surface area contributed by atoms with Gasteiger partial charge in [0.2, 0.25) is 0 Å². The summed E-state index contributed by atoms with van der Waals surface area (Å²) >= 11 is 0. The first kappa shape index (κ1) is 21.5. The average Bonchev–Trinajstić information content (AvgIpc) is 3.12. The highest BCUT2D eigenvalue weighted by Crippen LogP contribution is 2.67. The maximum absolute atomic E-state index is 11.1. The lowest BCUT2D eigenvalue weighted by atomic mass is 9.47. The van der Waals surface area contributed by atoms with E-state index in [-0.39, 0.29) is 23.9 Å². The van der Waals surface area contributed by atoms with E-state index >= 15 is 0 Å². The first-order valence-corrected chi connectivity index (χ1v) is 12.8. The van der Waals surface area contributed by atoms with Crippen molar-refractivity contribution < 1.29 is 14.9 Å². The van der Waals surface area contributed by atoms with Crippen LogP contribution in [0.3, 0.4) is 0 Å². The van der Waals surface area contributed by atoms with Crippen LogP contribution in [0.2, 0.25) is 0 Å². The van der Waals surface area contributed by atoms with E-state index in [0.717, 1.165) is 37.0 Å². The molecule has 2 N–H and O–H groups in total. The molecule has 1 saturated heterocycles. The fourth-order valence-corrected chi connectivity index (χ4v) is 8.91. The Morgan fingerprint density at radius 2 is 1.80 bits per heavy atom. The molecule has 1 aliphatic heterocycles. The van der Waals surface area contributed by atoms with Crippen LogP contribution < -0.4 is 0 Å². The summed E-state index contributed by atoms with van der Waals surface area (Å²) in [7, 11) is 0. The molecule has 3 nitrogen and oxygen atoms in total. The van der Waals surface area contributed by atoms with Crippen molar-refractivity contribution in [3.8, 4) is 0 Å². The number of fused-ring (bicyclic) bond motifs is 5. The van der Waals surface area contributed by atoms with Gasteiger partial charge in [0.25, 0.3) is 0 Å². The van der Waals surface area contributed by atoms with E-state index in [9.17, 15) is 10.2 Å². The molecule has 10 atom stereocenters. The number of aliphatic hydroxyl groups is 2. The molecule has 0 amide bonds. The summed E-state index contributed by atoms with van der Waals surface area (Å²) in [5.41, 5.74) is 2.23. The Kier molecular flexibility index (Phi) is 5.05. The van der Waals surface area contributed by atoms with Gasteiger partial charge in [-0.25, -0.2) is 0 Å². The van der Waals surface area contributed by atoms with Crippen molar-refractivity contribution >= 4 is 0 Å². The van der Waals surface area contributed by atoms with Crippen molar-refractivity contribution in [2.24, 2.45) is 40.4 Å². The van der Waals surface area contributed by atoms with E-state index in [4.69, 9.17) is 4.74 Å². The number of hydrogen-bond donors (Lipinski definition) is 2. The van der Waals surface area contributed by atoms with Gasteiger partial charge in [0.05, 0.1) is 23.9 Å². The van der Waals surface area contributed by atoms with E-state index in [1.165, 1.54) is 38.5 Å². The summed E-state index contributed by atoms with van der Waals surface area (Å²) in [4.78, 5) is 0. The number of hydrogen-bond acceptors (Lipinski definition) is 3. The molecule has 0 aromatic carbocycles. The minimum Gasteiger partial charge on any atom is -0.393 e. The summed E-state index contributed by atoms with van der Waals surface area (Å²) in [6, 6.07) is 0. The van der Waals surface area contributed by atoms with Gasteiger partial charge in [-0.1, -0.05) is 32.4 Å². The Hall–Kier alpha value is -0.380. The van der Waals surface area contributed by atoms with Gasteiger partial charge in [0.15, 0.2) is 0 Å². The van der Waals surface area contributed by atoms with E-state index in [0.29, 0.717) is 22.7 Å². The van der Waals surface area contributed by atoms with Crippen LogP contribution in [0.15, 0.2) is 11.6 Å². The molecular formula is C27H44O3. The second kappa shape index (κ2) is 7.06. The van der Waals surface area contributed by atoms with E-state index in [2.05, 4.69) is 40.7 Å². The van der Waals surface area contributed by atoms with Crippen molar-refractivity contribution in [3.05, 3.63) is 11.6 Å². The van der Waals surface area contributed by atoms with E-state index in [1.807, 2.05) is 0 Å². The summed E-state index contributed by atoms with van der Waals surface area (Å²) in [5.74, 6) is 3.37. The van der Waals surface area contributed by atoms with Crippen LogP contribution in [0, 0.1) is 40.4 Å². The van der Waals surface area contributed by atoms with Gasteiger partial charge < -0.3 is 14.9 Å². The molecule has 4 aliphatic carbocycles. The molecule has 0 aromatic heterocycles. The molecule has 0 bridgehead atoms. The van der Waals surface area contributed by atoms with Crippen LogP contribution in [0.25, 0.3) is 0 Å². The van der Waals surface area contributed by atoms with Crippen LogP contribution in [0.4, 0.5) is 0 Å². The number of aliphatic hydroxyl groups excluding tert-OH is 2. The normalized spacial score (nSPS) is 51.2. The minimum absolute atomic E-state index is 0.0317. The topological polar surface area (TPSA) is 53.0 Å². The fraction of sp³-hybridized carbons (Fsp3) is 0.926. The summed E-state index contributed by atoms with van der Waals surface area (Å²) in [6.45, 7) is 11.7.